The smallest absolute Gasteiger partial charge is 0.237 e. The Hall–Kier alpha value is -1.47. The van der Waals surface area contributed by atoms with E-state index in [-0.39, 0.29) is 24.6 Å². The molecule has 0 aliphatic carbocycles. The van der Waals surface area contributed by atoms with Crippen LogP contribution in [0.2, 0.25) is 0 Å². The molecule has 0 saturated carbocycles. The Morgan fingerprint density at radius 1 is 1.39 bits per heavy atom. The summed E-state index contributed by atoms with van der Waals surface area (Å²) >= 11 is 0. The van der Waals surface area contributed by atoms with Gasteiger partial charge in [-0.3, -0.25) is 4.79 Å². The van der Waals surface area contributed by atoms with E-state index in [4.69, 9.17) is 0 Å². The molecular weight excluding hydrogens is 319 g/mol. The second-order valence-corrected chi connectivity index (χ2v) is 8.19. The summed E-state index contributed by atoms with van der Waals surface area (Å²) in [5, 5.41) is 0. The highest BCUT2D eigenvalue weighted by Crippen LogP contribution is 2.17. The summed E-state index contributed by atoms with van der Waals surface area (Å²) in [6, 6.07) is 6.00. The summed E-state index contributed by atoms with van der Waals surface area (Å²) in [6.07, 6.45) is 3.05. The van der Waals surface area contributed by atoms with Gasteiger partial charge in [0.05, 0.1) is 12.8 Å². The van der Waals surface area contributed by atoms with Gasteiger partial charge in [-0.05, 0) is 24.8 Å². The molecule has 1 unspecified atom stereocenters. The van der Waals surface area contributed by atoms with Crippen LogP contribution in [0.4, 0.5) is 4.39 Å². The first-order valence-corrected chi connectivity index (χ1v) is 9.58. The number of piperidine rings is 1. The molecule has 1 aromatic rings. The first-order valence-electron chi connectivity index (χ1n) is 7.73. The van der Waals surface area contributed by atoms with E-state index in [1.54, 1.807) is 17.0 Å². The van der Waals surface area contributed by atoms with Gasteiger partial charge in [0.15, 0.2) is 0 Å². The van der Waals surface area contributed by atoms with Crippen molar-refractivity contribution in [3.63, 3.8) is 0 Å². The molecule has 0 bridgehead atoms. The van der Waals surface area contributed by atoms with Crippen molar-refractivity contribution in [3.8, 4) is 0 Å². The van der Waals surface area contributed by atoms with E-state index in [0.29, 0.717) is 19.0 Å². The number of carbonyl (C=O) groups is 1. The molecule has 1 fully saturated rings. The minimum atomic E-state index is -3.61. The number of likely N-dealkylation sites (tertiary alicyclic amines) is 1. The SMILES string of the molecule is CC1CCCN(C(=O)CN(Cc2ccccc2F)S(C)(=O)=O)C1. The van der Waals surface area contributed by atoms with Crippen molar-refractivity contribution >= 4 is 15.9 Å². The Morgan fingerprint density at radius 3 is 2.70 bits per heavy atom. The summed E-state index contributed by atoms with van der Waals surface area (Å²) in [5.41, 5.74) is 0.262. The van der Waals surface area contributed by atoms with Gasteiger partial charge in [0.25, 0.3) is 0 Å². The lowest BCUT2D eigenvalue weighted by molar-refractivity contribution is -0.133. The average molecular weight is 342 g/mol. The summed E-state index contributed by atoms with van der Waals surface area (Å²) in [6.45, 7) is 2.99. The molecular formula is C16H23FN2O3S. The van der Waals surface area contributed by atoms with Crippen LogP contribution in [0.3, 0.4) is 0 Å². The molecule has 128 valence electrons. The van der Waals surface area contributed by atoms with Crippen molar-refractivity contribution in [1.82, 2.24) is 9.21 Å². The van der Waals surface area contributed by atoms with E-state index < -0.39 is 15.8 Å². The molecule has 1 saturated heterocycles. The van der Waals surface area contributed by atoms with Gasteiger partial charge in [0.2, 0.25) is 15.9 Å². The highest BCUT2D eigenvalue weighted by atomic mass is 32.2. The normalized spacial score (nSPS) is 19.1. The molecule has 0 radical (unpaired) electrons. The molecule has 23 heavy (non-hydrogen) atoms. The summed E-state index contributed by atoms with van der Waals surface area (Å²) in [5.74, 6) is -0.274. The van der Waals surface area contributed by atoms with Gasteiger partial charge in [-0.25, -0.2) is 12.8 Å². The fourth-order valence-electron chi connectivity index (χ4n) is 2.77. The van der Waals surface area contributed by atoms with Crippen LogP contribution in [0.1, 0.15) is 25.3 Å². The van der Waals surface area contributed by atoms with Crippen molar-refractivity contribution in [2.24, 2.45) is 5.92 Å². The van der Waals surface area contributed by atoms with Gasteiger partial charge in [0.1, 0.15) is 5.82 Å². The number of hydrogen-bond donors (Lipinski definition) is 0. The predicted molar refractivity (Wildman–Crippen MR) is 86.6 cm³/mol. The maximum Gasteiger partial charge on any atom is 0.237 e. The Kier molecular flexibility index (Phi) is 5.75. The summed E-state index contributed by atoms with van der Waals surface area (Å²) in [7, 11) is -3.61. The molecule has 0 aromatic heterocycles. The molecule has 1 heterocycles. The first-order chi connectivity index (χ1) is 10.8. The minimum absolute atomic E-state index is 0.138. The van der Waals surface area contributed by atoms with E-state index >= 15 is 0 Å². The van der Waals surface area contributed by atoms with Crippen LogP contribution < -0.4 is 0 Å². The Balaban J connectivity index is 2.10. The zero-order chi connectivity index (χ0) is 17.0. The lowest BCUT2D eigenvalue weighted by Gasteiger charge is -2.32. The highest BCUT2D eigenvalue weighted by molar-refractivity contribution is 7.88. The quantitative estimate of drug-likeness (QED) is 0.820. The molecule has 2 rings (SSSR count). The van der Waals surface area contributed by atoms with E-state index in [9.17, 15) is 17.6 Å². The molecule has 1 amide bonds. The average Bonchev–Trinajstić information content (AvgIpc) is 2.47. The lowest BCUT2D eigenvalue weighted by atomic mass is 10.0. The molecule has 1 aliphatic rings. The molecule has 5 nitrogen and oxygen atoms in total. The monoisotopic (exact) mass is 342 g/mol. The van der Waals surface area contributed by atoms with Crippen LogP contribution >= 0.6 is 0 Å². The molecule has 1 aromatic carbocycles. The van der Waals surface area contributed by atoms with Crippen LogP contribution in [0.5, 0.6) is 0 Å². The van der Waals surface area contributed by atoms with Crippen LogP contribution in [0.15, 0.2) is 24.3 Å². The number of carbonyl (C=O) groups excluding carboxylic acids is 1. The molecule has 1 aliphatic heterocycles. The number of sulfonamides is 1. The standard InChI is InChI=1S/C16H23FN2O3S/c1-13-6-5-9-18(10-13)16(20)12-19(23(2,21)22)11-14-7-3-4-8-15(14)17/h3-4,7-8,13H,5-6,9-12H2,1-2H3. The van der Waals surface area contributed by atoms with Crippen LogP contribution in [-0.4, -0.2) is 49.4 Å². The van der Waals surface area contributed by atoms with Crippen LogP contribution in [-0.2, 0) is 21.4 Å². The summed E-state index contributed by atoms with van der Waals surface area (Å²) in [4.78, 5) is 14.1. The number of amides is 1. The van der Waals surface area contributed by atoms with E-state index in [1.807, 2.05) is 0 Å². The fraction of sp³-hybridized carbons (Fsp3) is 0.562. The van der Waals surface area contributed by atoms with E-state index in [0.717, 1.165) is 23.4 Å². The van der Waals surface area contributed by atoms with Gasteiger partial charge in [-0.15, -0.1) is 0 Å². The summed E-state index contributed by atoms with van der Waals surface area (Å²) < 4.78 is 38.7. The number of rotatable bonds is 5. The van der Waals surface area contributed by atoms with Gasteiger partial charge >= 0.3 is 0 Å². The van der Waals surface area contributed by atoms with Gasteiger partial charge in [0, 0.05) is 25.2 Å². The minimum Gasteiger partial charge on any atom is -0.341 e. The van der Waals surface area contributed by atoms with E-state index in [2.05, 4.69) is 6.92 Å². The van der Waals surface area contributed by atoms with E-state index in [1.165, 1.54) is 12.1 Å². The maximum absolute atomic E-state index is 13.8. The van der Waals surface area contributed by atoms with Crippen LogP contribution in [0, 0.1) is 11.7 Å². The number of halogens is 1. The largest absolute Gasteiger partial charge is 0.341 e. The number of nitrogens with zero attached hydrogens (tertiary/aromatic N) is 2. The lowest BCUT2D eigenvalue weighted by Crippen LogP contribution is -2.45. The van der Waals surface area contributed by atoms with Crippen molar-refractivity contribution in [2.75, 3.05) is 25.9 Å². The second kappa shape index (κ2) is 7.40. The fourth-order valence-corrected chi connectivity index (χ4v) is 3.49. The second-order valence-electron chi connectivity index (χ2n) is 6.21. The first kappa shape index (κ1) is 17.9. The Bertz CT molecular complexity index is 663. The van der Waals surface area contributed by atoms with Crippen molar-refractivity contribution in [1.29, 1.82) is 0 Å². The molecule has 0 N–H and O–H groups in total. The third-order valence-electron chi connectivity index (χ3n) is 4.09. The Labute approximate surface area is 137 Å². The number of benzene rings is 1. The van der Waals surface area contributed by atoms with Gasteiger partial charge in [-0.2, -0.15) is 4.31 Å². The maximum atomic E-state index is 13.8. The Morgan fingerprint density at radius 2 is 2.09 bits per heavy atom. The molecule has 0 spiro atoms. The van der Waals surface area contributed by atoms with Crippen molar-refractivity contribution in [2.45, 2.75) is 26.3 Å². The van der Waals surface area contributed by atoms with Crippen LogP contribution in [0.25, 0.3) is 0 Å². The third kappa shape index (κ3) is 5.00. The predicted octanol–water partition coefficient (Wildman–Crippen LogP) is 1.85. The number of hydrogen-bond acceptors (Lipinski definition) is 3. The van der Waals surface area contributed by atoms with Gasteiger partial charge < -0.3 is 4.90 Å². The van der Waals surface area contributed by atoms with Gasteiger partial charge in [-0.1, -0.05) is 25.1 Å². The van der Waals surface area contributed by atoms with Crippen molar-refractivity contribution in [3.05, 3.63) is 35.6 Å². The van der Waals surface area contributed by atoms with Crippen molar-refractivity contribution < 1.29 is 17.6 Å². The third-order valence-corrected chi connectivity index (χ3v) is 5.29. The highest BCUT2D eigenvalue weighted by Gasteiger charge is 2.26. The molecule has 7 heteroatoms. The zero-order valence-electron chi connectivity index (χ0n) is 13.5. The zero-order valence-corrected chi connectivity index (χ0v) is 14.4. The molecule has 1 atom stereocenters. The topological polar surface area (TPSA) is 57.7 Å².